The third-order valence-corrected chi connectivity index (χ3v) is 6.94. The second kappa shape index (κ2) is 10.7. The summed E-state index contributed by atoms with van der Waals surface area (Å²) in [6.07, 6.45) is 5.23. The number of sulfone groups is 1. The molecular formula is C23H20BrF2N3O3S. The van der Waals surface area contributed by atoms with Crippen LogP contribution in [0.5, 0.6) is 0 Å². The Morgan fingerprint density at radius 2 is 1.94 bits per heavy atom. The minimum Gasteiger partial charge on any atom is -0.342 e. The highest BCUT2D eigenvalue weighted by Gasteiger charge is 2.23. The second-order valence-electron chi connectivity index (χ2n) is 6.94. The highest BCUT2D eigenvalue weighted by atomic mass is 79.9. The highest BCUT2D eigenvalue weighted by Crippen LogP contribution is 2.30. The van der Waals surface area contributed by atoms with Crippen molar-refractivity contribution < 1.29 is 22.0 Å². The topological polar surface area (TPSA) is 81.1 Å². The van der Waals surface area contributed by atoms with E-state index >= 15 is 0 Å². The van der Waals surface area contributed by atoms with E-state index in [4.69, 9.17) is 0 Å². The van der Waals surface area contributed by atoms with Gasteiger partial charge in [0, 0.05) is 29.5 Å². The minimum absolute atomic E-state index is 0.0618. The van der Waals surface area contributed by atoms with Gasteiger partial charge in [-0.2, -0.15) is 0 Å². The molecule has 0 aliphatic heterocycles. The van der Waals surface area contributed by atoms with Crippen LogP contribution in [0.1, 0.15) is 12.5 Å². The van der Waals surface area contributed by atoms with Crippen molar-refractivity contribution in [2.75, 3.05) is 11.1 Å². The van der Waals surface area contributed by atoms with Gasteiger partial charge in [-0.05, 0) is 35.9 Å². The van der Waals surface area contributed by atoms with Crippen LogP contribution in [-0.4, -0.2) is 30.1 Å². The number of pyridine rings is 1. The summed E-state index contributed by atoms with van der Waals surface area (Å²) in [5, 5.41) is 2.40. The fourth-order valence-electron chi connectivity index (χ4n) is 3.18. The Morgan fingerprint density at radius 1 is 1.15 bits per heavy atom. The zero-order chi connectivity index (χ0) is 24.0. The molecule has 2 heterocycles. The van der Waals surface area contributed by atoms with E-state index in [0.29, 0.717) is 24.7 Å². The monoisotopic (exact) mass is 535 g/mol. The van der Waals surface area contributed by atoms with Gasteiger partial charge in [0.15, 0.2) is 9.84 Å². The van der Waals surface area contributed by atoms with Crippen molar-refractivity contribution in [3.63, 3.8) is 0 Å². The number of halogens is 3. The Labute approximate surface area is 198 Å². The molecule has 0 radical (unpaired) electrons. The normalized spacial score (nSPS) is 11.0. The van der Waals surface area contributed by atoms with Crippen LogP contribution in [0.2, 0.25) is 0 Å². The van der Waals surface area contributed by atoms with Crippen molar-refractivity contribution in [3.05, 3.63) is 88.8 Å². The van der Waals surface area contributed by atoms with Crippen LogP contribution in [0.3, 0.4) is 0 Å². The van der Waals surface area contributed by atoms with Crippen molar-refractivity contribution >= 4 is 48.8 Å². The van der Waals surface area contributed by atoms with Crippen molar-refractivity contribution in [2.45, 2.75) is 18.4 Å². The van der Waals surface area contributed by atoms with Crippen LogP contribution >= 0.6 is 15.9 Å². The summed E-state index contributed by atoms with van der Waals surface area (Å²) in [6, 6.07) is 12.8. The lowest BCUT2D eigenvalue weighted by molar-refractivity contribution is -0.105. The van der Waals surface area contributed by atoms with E-state index in [1.807, 2.05) is 24.3 Å². The summed E-state index contributed by atoms with van der Waals surface area (Å²) < 4.78 is 54.9. The van der Waals surface area contributed by atoms with Gasteiger partial charge in [-0.25, -0.2) is 17.2 Å². The summed E-state index contributed by atoms with van der Waals surface area (Å²) >= 11 is 3.37. The zero-order valence-electron chi connectivity index (χ0n) is 17.5. The number of anilines is 1. The average molecular weight is 536 g/mol. The van der Waals surface area contributed by atoms with Gasteiger partial charge in [-0.15, -0.1) is 0 Å². The number of hydrogen-bond acceptors (Lipinski definition) is 4. The first-order valence-electron chi connectivity index (χ1n) is 9.80. The maximum atomic E-state index is 14.3. The zero-order valence-corrected chi connectivity index (χ0v) is 19.9. The Morgan fingerprint density at radius 3 is 2.58 bits per heavy atom. The van der Waals surface area contributed by atoms with Crippen molar-refractivity contribution in [1.29, 1.82) is 0 Å². The third kappa shape index (κ3) is 6.02. The van der Waals surface area contributed by atoms with E-state index in [1.54, 1.807) is 29.1 Å². The first-order valence-corrected chi connectivity index (χ1v) is 12.2. The maximum Gasteiger partial charge on any atom is 0.211 e. The Kier molecular flexibility index (Phi) is 7.93. The predicted octanol–water partition coefficient (Wildman–Crippen LogP) is 5.17. The maximum absolute atomic E-state index is 14.3. The number of fused-ring (bicyclic) bond motifs is 1. The number of benzene rings is 2. The SMILES string of the molecule is CCS(=O)(=O)c1cn(Cc2cccc(Br)c2)c2cc(F)cc(F)c12.O=CNc1cccnc1. The number of carbonyl (C=O) groups is 1. The predicted molar refractivity (Wildman–Crippen MR) is 127 cm³/mol. The summed E-state index contributed by atoms with van der Waals surface area (Å²) in [6.45, 7) is 1.80. The van der Waals surface area contributed by atoms with Gasteiger partial charge in [0.2, 0.25) is 6.41 Å². The lowest BCUT2D eigenvalue weighted by atomic mass is 10.2. The lowest BCUT2D eigenvalue weighted by Crippen LogP contribution is -2.03. The van der Waals surface area contributed by atoms with Crippen LogP contribution in [0.4, 0.5) is 14.5 Å². The number of aromatic nitrogens is 2. The molecule has 0 aliphatic carbocycles. The van der Waals surface area contributed by atoms with Crippen LogP contribution in [0.25, 0.3) is 10.9 Å². The molecular weight excluding hydrogens is 516 g/mol. The van der Waals surface area contributed by atoms with Crippen LogP contribution in [0.15, 0.2) is 76.5 Å². The molecule has 4 aromatic rings. The number of carbonyl (C=O) groups excluding carboxylic acids is 1. The molecule has 0 saturated heterocycles. The van der Waals surface area contributed by atoms with E-state index < -0.39 is 21.5 Å². The number of hydrogen-bond donors (Lipinski definition) is 1. The quantitative estimate of drug-likeness (QED) is 0.345. The van der Waals surface area contributed by atoms with Gasteiger partial charge in [0.05, 0.1) is 33.4 Å². The van der Waals surface area contributed by atoms with Crippen molar-refractivity contribution in [3.8, 4) is 0 Å². The molecule has 0 unspecified atom stereocenters. The molecule has 2 aromatic heterocycles. The molecule has 0 saturated carbocycles. The van der Waals surface area contributed by atoms with Crippen molar-refractivity contribution in [1.82, 2.24) is 9.55 Å². The molecule has 0 bridgehead atoms. The number of nitrogens with zero attached hydrogens (tertiary/aromatic N) is 2. The first-order chi connectivity index (χ1) is 15.7. The van der Waals surface area contributed by atoms with Gasteiger partial charge in [-0.3, -0.25) is 9.78 Å². The molecule has 0 fully saturated rings. The first kappa shape index (κ1) is 24.5. The third-order valence-electron chi connectivity index (χ3n) is 4.71. The molecule has 0 spiro atoms. The van der Waals surface area contributed by atoms with E-state index in [2.05, 4.69) is 26.2 Å². The van der Waals surface area contributed by atoms with Gasteiger partial charge in [0.1, 0.15) is 11.6 Å². The van der Waals surface area contributed by atoms with Gasteiger partial charge in [-0.1, -0.05) is 35.0 Å². The Hall–Kier alpha value is -3.11. The molecule has 2 aromatic carbocycles. The number of amides is 1. The Balaban J connectivity index is 0.000000286. The van der Waals surface area contributed by atoms with E-state index in [1.165, 1.54) is 13.1 Å². The summed E-state index contributed by atoms with van der Waals surface area (Å²) in [5.74, 6) is -1.76. The van der Waals surface area contributed by atoms with E-state index in [9.17, 15) is 22.0 Å². The fourth-order valence-corrected chi connectivity index (χ4v) is 4.73. The molecule has 172 valence electrons. The standard InChI is InChI=1S/C17H14BrF2NO2S.C6H6N2O/c1-2-24(22,23)16-10-21(9-11-4-3-5-12(18)6-11)15-8-13(19)7-14(20)17(15)16;9-5-8-6-2-1-3-7-4-6/h3-8,10H,2,9H2,1H3;1-5H,(H,8,9). The van der Waals surface area contributed by atoms with E-state index in [0.717, 1.165) is 16.1 Å². The molecule has 1 amide bonds. The summed E-state index contributed by atoms with van der Waals surface area (Å²) in [5.41, 5.74) is 1.82. The van der Waals surface area contributed by atoms with E-state index in [-0.39, 0.29) is 21.6 Å². The molecule has 33 heavy (non-hydrogen) atoms. The number of rotatable bonds is 6. The Bertz CT molecular complexity index is 1380. The number of nitrogens with one attached hydrogen (secondary N) is 1. The molecule has 0 atom stereocenters. The van der Waals surface area contributed by atoms with Gasteiger partial charge in [0.25, 0.3) is 0 Å². The minimum atomic E-state index is -3.63. The van der Waals surface area contributed by atoms with Crippen LogP contribution in [0, 0.1) is 11.6 Å². The van der Waals surface area contributed by atoms with Gasteiger partial charge < -0.3 is 9.88 Å². The molecule has 10 heteroatoms. The summed E-state index contributed by atoms with van der Waals surface area (Å²) in [7, 11) is -3.63. The summed E-state index contributed by atoms with van der Waals surface area (Å²) in [4.78, 5) is 13.5. The highest BCUT2D eigenvalue weighted by molar-refractivity contribution is 9.10. The molecule has 1 N–H and O–H groups in total. The molecule has 4 rings (SSSR count). The fraction of sp³-hybridized carbons (Fsp3) is 0.130. The molecule has 0 aliphatic rings. The van der Waals surface area contributed by atoms with Crippen molar-refractivity contribution in [2.24, 2.45) is 0 Å². The van der Waals surface area contributed by atoms with Gasteiger partial charge >= 0.3 is 0 Å². The second-order valence-corrected chi connectivity index (χ2v) is 10.1. The van der Waals surface area contributed by atoms with Crippen LogP contribution < -0.4 is 5.32 Å². The lowest BCUT2D eigenvalue weighted by Gasteiger charge is -2.06. The largest absolute Gasteiger partial charge is 0.342 e. The van der Waals surface area contributed by atoms with Crippen LogP contribution in [-0.2, 0) is 21.2 Å². The molecule has 6 nitrogen and oxygen atoms in total. The smallest absolute Gasteiger partial charge is 0.211 e. The average Bonchev–Trinajstić information content (AvgIpc) is 3.14.